The van der Waals surface area contributed by atoms with Gasteiger partial charge in [-0.05, 0) is 6.42 Å². The number of carbonyl (C=O) groups excluding carboxylic acids is 2. The molecule has 0 heterocycles. The van der Waals surface area contributed by atoms with E-state index in [0.717, 1.165) is 12.8 Å². The van der Waals surface area contributed by atoms with Crippen LogP contribution in [0, 0.1) is 0 Å². The summed E-state index contributed by atoms with van der Waals surface area (Å²) in [6.45, 7) is 5.53. The van der Waals surface area contributed by atoms with Gasteiger partial charge in [0, 0.05) is 0 Å². The van der Waals surface area contributed by atoms with Crippen molar-refractivity contribution in [3.05, 3.63) is 12.3 Å². The molecule has 0 aliphatic rings. The predicted octanol–water partition coefficient (Wildman–Crippen LogP) is 1.18. The maximum atomic E-state index is 10.8. The number of nitrogens with zero attached hydrogens (tertiary/aromatic N) is 1. The number of aliphatic imine (C=N–C) groups is 1. The molecule has 0 aromatic heterocycles. The SMILES string of the molecule is C=C(N=C=O)C(=O)OCCCC. The van der Waals surface area contributed by atoms with Gasteiger partial charge in [0.15, 0.2) is 5.70 Å². The van der Waals surface area contributed by atoms with Crippen LogP contribution in [0.25, 0.3) is 0 Å². The molecule has 0 spiro atoms. The van der Waals surface area contributed by atoms with Gasteiger partial charge in [0.1, 0.15) is 0 Å². The number of esters is 1. The molecular formula is C8H11NO3. The summed E-state index contributed by atoms with van der Waals surface area (Å²) < 4.78 is 4.69. The van der Waals surface area contributed by atoms with E-state index in [0.29, 0.717) is 6.61 Å². The van der Waals surface area contributed by atoms with Gasteiger partial charge in [0.05, 0.1) is 6.61 Å². The number of unbranched alkanes of at least 4 members (excludes halogenated alkanes) is 1. The van der Waals surface area contributed by atoms with E-state index >= 15 is 0 Å². The van der Waals surface area contributed by atoms with E-state index in [1.807, 2.05) is 6.92 Å². The molecule has 66 valence electrons. The van der Waals surface area contributed by atoms with Crippen molar-refractivity contribution >= 4 is 12.0 Å². The lowest BCUT2D eigenvalue weighted by Gasteiger charge is -2.00. The van der Waals surface area contributed by atoms with E-state index < -0.39 is 5.97 Å². The molecule has 0 aromatic rings. The average molecular weight is 169 g/mol. The third-order valence-electron chi connectivity index (χ3n) is 1.15. The van der Waals surface area contributed by atoms with Crippen LogP contribution in [0.15, 0.2) is 17.3 Å². The molecule has 0 bridgehead atoms. The second kappa shape index (κ2) is 6.31. The normalized spacial score (nSPS) is 8.42. The monoisotopic (exact) mass is 169 g/mol. The van der Waals surface area contributed by atoms with Crippen LogP contribution in [-0.2, 0) is 14.3 Å². The fourth-order valence-electron chi connectivity index (χ4n) is 0.493. The van der Waals surface area contributed by atoms with Crippen molar-refractivity contribution in [1.82, 2.24) is 0 Å². The van der Waals surface area contributed by atoms with Crippen LogP contribution in [0.3, 0.4) is 0 Å². The second-order valence-electron chi connectivity index (χ2n) is 2.14. The van der Waals surface area contributed by atoms with Gasteiger partial charge in [-0.15, -0.1) is 0 Å². The summed E-state index contributed by atoms with van der Waals surface area (Å²) in [6, 6.07) is 0. The number of rotatable bonds is 5. The summed E-state index contributed by atoms with van der Waals surface area (Å²) in [6.07, 6.45) is 2.95. The fraction of sp³-hybridized carbons (Fsp3) is 0.500. The average Bonchev–Trinajstić information content (AvgIpc) is 2.05. The molecule has 0 fully saturated rings. The fourth-order valence-corrected chi connectivity index (χ4v) is 0.493. The Kier molecular flexibility index (Phi) is 5.57. The summed E-state index contributed by atoms with van der Waals surface area (Å²) >= 11 is 0. The molecule has 0 saturated carbocycles. The van der Waals surface area contributed by atoms with Gasteiger partial charge < -0.3 is 4.74 Å². The lowest BCUT2D eigenvalue weighted by molar-refractivity contribution is -0.139. The minimum atomic E-state index is -0.660. The van der Waals surface area contributed by atoms with Crippen molar-refractivity contribution in [3.63, 3.8) is 0 Å². The largest absolute Gasteiger partial charge is 0.461 e. The topological polar surface area (TPSA) is 55.7 Å². The Hall–Kier alpha value is -1.41. The molecule has 0 unspecified atom stereocenters. The lowest BCUT2D eigenvalue weighted by Crippen LogP contribution is -2.06. The van der Waals surface area contributed by atoms with Crippen LogP contribution < -0.4 is 0 Å². The van der Waals surface area contributed by atoms with Gasteiger partial charge in [-0.3, -0.25) is 0 Å². The van der Waals surface area contributed by atoms with E-state index in [1.165, 1.54) is 6.08 Å². The van der Waals surface area contributed by atoms with Crippen molar-refractivity contribution in [1.29, 1.82) is 0 Å². The highest BCUT2D eigenvalue weighted by Gasteiger charge is 2.05. The van der Waals surface area contributed by atoms with E-state index in [2.05, 4.69) is 16.3 Å². The summed E-state index contributed by atoms with van der Waals surface area (Å²) in [5.41, 5.74) is -0.207. The summed E-state index contributed by atoms with van der Waals surface area (Å²) in [5.74, 6) is -0.660. The van der Waals surface area contributed by atoms with E-state index in [1.54, 1.807) is 0 Å². The third kappa shape index (κ3) is 4.41. The number of hydrogen-bond acceptors (Lipinski definition) is 4. The maximum Gasteiger partial charge on any atom is 0.357 e. The van der Waals surface area contributed by atoms with Crippen molar-refractivity contribution in [2.24, 2.45) is 4.99 Å². The molecule has 0 amide bonds. The molecular weight excluding hydrogens is 158 g/mol. The first kappa shape index (κ1) is 10.6. The molecule has 0 atom stereocenters. The zero-order chi connectivity index (χ0) is 9.40. The highest BCUT2D eigenvalue weighted by molar-refractivity contribution is 5.88. The molecule has 0 aliphatic heterocycles. The zero-order valence-corrected chi connectivity index (χ0v) is 7.00. The van der Waals surface area contributed by atoms with E-state index in [4.69, 9.17) is 0 Å². The summed E-state index contributed by atoms with van der Waals surface area (Å²) in [7, 11) is 0. The van der Waals surface area contributed by atoms with Crippen LogP contribution in [0.1, 0.15) is 19.8 Å². The van der Waals surface area contributed by atoms with Crippen LogP contribution in [0.2, 0.25) is 0 Å². The van der Waals surface area contributed by atoms with Crippen LogP contribution in [0.4, 0.5) is 0 Å². The minimum Gasteiger partial charge on any atom is -0.461 e. The van der Waals surface area contributed by atoms with E-state index in [9.17, 15) is 9.59 Å². The molecule has 12 heavy (non-hydrogen) atoms. The number of ether oxygens (including phenoxy) is 1. The first-order valence-corrected chi connectivity index (χ1v) is 3.66. The Morgan fingerprint density at radius 3 is 2.83 bits per heavy atom. The van der Waals surface area contributed by atoms with Gasteiger partial charge in [0.25, 0.3) is 0 Å². The van der Waals surface area contributed by atoms with Crippen LogP contribution in [0.5, 0.6) is 0 Å². The molecule has 0 aromatic carbocycles. The molecule has 0 radical (unpaired) electrons. The summed E-state index contributed by atoms with van der Waals surface area (Å²) in [4.78, 5) is 23.5. The van der Waals surface area contributed by atoms with Gasteiger partial charge >= 0.3 is 5.97 Å². The second-order valence-corrected chi connectivity index (χ2v) is 2.14. The van der Waals surface area contributed by atoms with Gasteiger partial charge in [-0.25, -0.2) is 9.59 Å². The van der Waals surface area contributed by atoms with Crippen molar-refractivity contribution in [2.45, 2.75) is 19.8 Å². The Balaban J connectivity index is 3.72. The predicted molar refractivity (Wildman–Crippen MR) is 43.1 cm³/mol. The Morgan fingerprint density at radius 2 is 2.33 bits per heavy atom. The van der Waals surface area contributed by atoms with Gasteiger partial charge in [0.2, 0.25) is 6.08 Å². The quantitative estimate of drug-likeness (QED) is 0.204. The molecule has 0 aliphatic carbocycles. The van der Waals surface area contributed by atoms with E-state index in [-0.39, 0.29) is 5.70 Å². The van der Waals surface area contributed by atoms with Crippen LogP contribution >= 0.6 is 0 Å². The lowest BCUT2D eigenvalue weighted by atomic mass is 10.4. The molecule has 0 saturated heterocycles. The maximum absolute atomic E-state index is 10.8. The molecule has 0 rings (SSSR count). The molecule has 0 N–H and O–H groups in total. The standard InChI is InChI=1S/C8H11NO3/c1-3-4-5-12-8(11)7(2)9-6-10/h2-5H2,1H3. The third-order valence-corrected chi connectivity index (χ3v) is 1.15. The first-order valence-electron chi connectivity index (χ1n) is 3.66. The van der Waals surface area contributed by atoms with Crippen molar-refractivity contribution < 1.29 is 14.3 Å². The van der Waals surface area contributed by atoms with Crippen molar-refractivity contribution in [2.75, 3.05) is 6.61 Å². The van der Waals surface area contributed by atoms with Gasteiger partial charge in [-0.2, -0.15) is 4.99 Å². The highest BCUT2D eigenvalue weighted by atomic mass is 16.5. The smallest absolute Gasteiger partial charge is 0.357 e. The highest BCUT2D eigenvalue weighted by Crippen LogP contribution is 1.96. The number of hydrogen-bond donors (Lipinski definition) is 0. The Bertz CT molecular complexity index is 216. The Labute approximate surface area is 70.9 Å². The molecule has 4 heteroatoms. The first-order chi connectivity index (χ1) is 5.72. The Morgan fingerprint density at radius 1 is 1.67 bits per heavy atom. The van der Waals surface area contributed by atoms with Crippen molar-refractivity contribution in [3.8, 4) is 0 Å². The number of isocyanates is 1. The molecule has 4 nitrogen and oxygen atoms in total. The van der Waals surface area contributed by atoms with Gasteiger partial charge in [-0.1, -0.05) is 19.9 Å². The zero-order valence-electron chi connectivity index (χ0n) is 7.00. The summed E-state index contributed by atoms with van der Waals surface area (Å²) in [5, 5.41) is 0. The minimum absolute atomic E-state index is 0.207. The van der Waals surface area contributed by atoms with Crippen LogP contribution in [-0.4, -0.2) is 18.7 Å². The number of carbonyl (C=O) groups is 1.